The van der Waals surface area contributed by atoms with E-state index in [1.807, 2.05) is 75.5 Å². The van der Waals surface area contributed by atoms with Crippen molar-refractivity contribution in [2.45, 2.75) is 25.8 Å². The minimum atomic E-state index is -0.556. The van der Waals surface area contributed by atoms with Gasteiger partial charge in [0.25, 0.3) is 0 Å². The van der Waals surface area contributed by atoms with Gasteiger partial charge >= 0.3 is 0 Å². The van der Waals surface area contributed by atoms with Crippen LogP contribution in [0.3, 0.4) is 0 Å². The van der Waals surface area contributed by atoms with Gasteiger partial charge < -0.3 is 10.6 Å². The summed E-state index contributed by atoms with van der Waals surface area (Å²) in [5.74, 6) is 0.0805. The van der Waals surface area contributed by atoms with Gasteiger partial charge in [0.05, 0.1) is 5.41 Å². The molecule has 0 bridgehead atoms. The van der Waals surface area contributed by atoms with Gasteiger partial charge in [-0.25, -0.2) is 0 Å². The zero-order chi connectivity index (χ0) is 15.5. The number of carbonyl (C=O) groups excluding carboxylic acids is 1. The third-order valence-corrected chi connectivity index (χ3v) is 3.84. The van der Waals surface area contributed by atoms with E-state index < -0.39 is 5.41 Å². The van der Waals surface area contributed by atoms with Crippen molar-refractivity contribution in [1.82, 2.24) is 4.90 Å². The smallest absolute Gasteiger partial charge is 0.232 e. The van der Waals surface area contributed by atoms with Crippen molar-refractivity contribution in [3.63, 3.8) is 0 Å². The summed E-state index contributed by atoms with van der Waals surface area (Å²) in [6.07, 6.45) is 0. The molecular weight excluding hydrogens is 260 g/mol. The molecule has 110 valence electrons. The fourth-order valence-corrected chi connectivity index (χ4v) is 2.46. The average Bonchev–Trinajstić information content (AvgIpc) is 2.49. The van der Waals surface area contributed by atoms with Crippen LogP contribution in [-0.4, -0.2) is 17.9 Å². The van der Waals surface area contributed by atoms with Gasteiger partial charge in [-0.05, 0) is 31.0 Å². The zero-order valence-corrected chi connectivity index (χ0v) is 12.8. The van der Waals surface area contributed by atoms with E-state index in [-0.39, 0.29) is 5.91 Å². The lowest BCUT2D eigenvalue weighted by Gasteiger charge is -2.30. The predicted octanol–water partition coefficient (Wildman–Crippen LogP) is 3.21. The Hall–Kier alpha value is -2.29. The Balaban J connectivity index is 2.18. The van der Waals surface area contributed by atoms with Gasteiger partial charge in [0.15, 0.2) is 0 Å². The van der Waals surface area contributed by atoms with Gasteiger partial charge in [-0.3, -0.25) is 4.79 Å². The van der Waals surface area contributed by atoms with E-state index in [1.54, 1.807) is 4.90 Å². The summed E-state index contributed by atoms with van der Waals surface area (Å²) in [5, 5.41) is 0. The number of rotatable bonds is 4. The Bertz CT molecular complexity index is 620. The number of anilines is 1. The number of benzene rings is 2. The minimum Gasteiger partial charge on any atom is -0.398 e. The summed E-state index contributed by atoms with van der Waals surface area (Å²) < 4.78 is 0. The van der Waals surface area contributed by atoms with Crippen LogP contribution in [0.5, 0.6) is 0 Å². The molecule has 2 aromatic carbocycles. The predicted molar refractivity (Wildman–Crippen MR) is 86.8 cm³/mol. The second-order valence-electron chi connectivity index (χ2n) is 5.85. The van der Waals surface area contributed by atoms with E-state index in [4.69, 9.17) is 5.73 Å². The first-order chi connectivity index (χ1) is 9.93. The fraction of sp³-hybridized carbons (Fsp3) is 0.278. The van der Waals surface area contributed by atoms with Crippen LogP contribution in [0.2, 0.25) is 0 Å². The van der Waals surface area contributed by atoms with Gasteiger partial charge in [0.1, 0.15) is 0 Å². The number of nitrogens with zero attached hydrogens (tertiary/aromatic N) is 1. The second kappa shape index (κ2) is 6.00. The number of carbonyl (C=O) groups is 1. The Morgan fingerprint density at radius 3 is 2.24 bits per heavy atom. The molecule has 2 aromatic rings. The standard InChI is InChI=1S/C18H22N2O/c1-18(2,15-10-5-4-6-11-15)17(21)20(3)13-14-9-7-8-12-16(14)19/h4-12H,13,19H2,1-3H3. The van der Waals surface area contributed by atoms with E-state index in [0.29, 0.717) is 6.54 Å². The van der Waals surface area contributed by atoms with Crippen LogP contribution in [-0.2, 0) is 16.8 Å². The Kier molecular flexibility index (Phi) is 4.32. The average molecular weight is 282 g/mol. The highest BCUT2D eigenvalue weighted by molar-refractivity contribution is 5.87. The summed E-state index contributed by atoms with van der Waals surface area (Å²) in [6, 6.07) is 17.5. The lowest BCUT2D eigenvalue weighted by atomic mass is 9.83. The maximum atomic E-state index is 12.8. The van der Waals surface area contributed by atoms with Gasteiger partial charge in [-0.15, -0.1) is 0 Å². The van der Waals surface area contributed by atoms with Gasteiger partial charge in [-0.1, -0.05) is 48.5 Å². The van der Waals surface area contributed by atoms with Crippen LogP contribution in [0, 0.1) is 0 Å². The molecule has 0 spiro atoms. The van der Waals surface area contributed by atoms with Gasteiger partial charge in [0, 0.05) is 19.3 Å². The molecule has 0 unspecified atom stereocenters. The SMILES string of the molecule is CN(Cc1ccccc1N)C(=O)C(C)(C)c1ccccc1. The van der Waals surface area contributed by atoms with Crippen molar-refractivity contribution in [3.8, 4) is 0 Å². The van der Waals surface area contributed by atoms with Crippen molar-refractivity contribution in [2.75, 3.05) is 12.8 Å². The van der Waals surface area contributed by atoms with Crippen LogP contribution in [0.15, 0.2) is 54.6 Å². The molecule has 2 rings (SSSR count). The van der Waals surface area contributed by atoms with Crippen molar-refractivity contribution in [3.05, 3.63) is 65.7 Å². The molecule has 0 saturated heterocycles. The molecule has 0 aliphatic carbocycles. The third kappa shape index (κ3) is 3.24. The van der Waals surface area contributed by atoms with Crippen molar-refractivity contribution in [1.29, 1.82) is 0 Å². The summed E-state index contributed by atoms with van der Waals surface area (Å²) in [5.41, 5.74) is 8.10. The molecule has 3 nitrogen and oxygen atoms in total. The number of likely N-dealkylation sites (N-methyl/N-ethyl adjacent to an activating group) is 1. The first-order valence-electron chi connectivity index (χ1n) is 7.07. The number of para-hydroxylation sites is 1. The Morgan fingerprint density at radius 1 is 1.05 bits per heavy atom. The van der Waals surface area contributed by atoms with E-state index in [0.717, 1.165) is 16.8 Å². The Morgan fingerprint density at radius 2 is 1.62 bits per heavy atom. The third-order valence-electron chi connectivity index (χ3n) is 3.84. The van der Waals surface area contributed by atoms with Crippen molar-refractivity contribution >= 4 is 11.6 Å². The van der Waals surface area contributed by atoms with E-state index in [9.17, 15) is 4.79 Å². The molecule has 0 aromatic heterocycles. The molecule has 0 radical (unpaired) electrons. The molecule has 1 amide bonds. The number of nitrogens with two attached hydrogens (primary N) is 1. The van der Waals surface area contributed by atoms with E-state index >= 15 is 0 Å². The molecule has 2 N–H and O–H groups in total. The number of hydrogen-bond acceptors (Lipinski definition) is 2. The lowest BCUT2D eigenvalue weighted by Crippen LogP contribution is -2.41. The van der Waals surface area contributed by atoms with E-state index in [1.165, 1.54) is 0 Å². The maximum Gasteiger partial charge on any atom is 0.232 e. The highest BCUT2D eigenvalue weighted by Crippen LogP contribution is 2.26. The van der Waals surface area contributed by atoms with Crippen LogP contribution in [0.25, 0.3) is 0 Å². The summed E-state index contributed by atoms with van der Waals surface area (Å²) in [6.45, 7) is 4.42. The lowest BCUT2D eigenvalue weighted by molar-refractivity contribution is -0.135. The van der Waals surface area contributed by atoms with Gasteiger partial charge in [-0.2, -0.15) is 0 Å². The van der Waals surface area contributed by atoms with E-state index in [2.05, 4.69) is 0 Å². The van der Waals surface area contributed by atoms with Crippen LogP contribution in [0.1, 0.15) is 25.0 Å². The van der Waals surface area contributed by atoms with Crippen molar-refractivity contribution in [2.24, 2.45) is 0 Å². The normalized spacial score (nSPS) is 11.2. The summed E-state index contributed by atoms with van der Waals surface area (Å²) >= 11 is 0. The molecule has 0 aliphatic rings. The number of hydrogen-bond donors (Lipinski definition) is 1. The molecule has 0 heterocycles. The molecule has 0 saturated carbocycles. The molecule has 0 fully saturated rings. The summed E-state index contributed by atoms with van der Waals surface area (Å²) in [7, 11) is 1.82. The number of amides is 1. The maximum absolute atomic E-state index is 12.8. The fourth-order valence-electron chi connectivity index (χ4n) is 2.46. The van der Waals surface area contributed by atoms with Crippen molar-refractivity contribution < 1.29 is 4.79 Å². The highest BCUT2D eigenvalue weighted by atomic mass is 16.2. The van der Waals surface area contributed by atoms with Crippen LogP contribution < -0.4 is 5.73 Å². The molecular formula is C18H22N2O. The van der Waals surface area contributed by atoms with Crippen LogP contribution >= 0.6 is 0 Å². The minimum absolute atomic E-state index is 0.0805. The molecule has 0 aliphatic heterocycles. The van der Waals surface area contributed by atoms with Gasteiger partial charge in [0.2, 0.25) is 5.91 Å². The topological polar surface area (TPSA) is 46.3 Å². The van der Waals surface area contributed by atoms with Crippen LogP contribution in [0.4, 0.5) is 5.69 Å². The molecule has 0 atom stereocenters. The second-order valence-corrected chi connectivity index (χ2v) is 5.85. The highest BCUT2D eigenvalue weighted by Gasteiger charge is 2.32. The monoisotopic (exact) mass is 282 g/mol. The Labute approximate surface area is 126 Å². The molecule has 3 heteroatoms. The number of nitrogen functional groups attached to an aromatic ring is 1. The zero-order valence-electron chi connectivity index (χ0n) is 12.8. The first kappa shape index (κ1) is 15.1. The largest absolute Gasteiger partial charge is 0.398 e. The first-order valence-corrected chi connectivity index (χ1v) is 7.07. The summed E-state index contributed by atoms with van der Waals surface area (Å²) in [4.78, 5) is 14.5. The molecule has 21 heavy (non-hydrogen) atoms. The quantitative estimate of drug-likeness (QED) is 0.875.